The lowest BCUT2D eigenvalue weighted by atomic mass is 9.72. The first-order valence-corrected chi connectivity index (χ1v) is 8.95. The van der Waals surface area contributed by atoms with Gasteiger partial charge in [0.05, 0.1) is 0 Å². The van der Waals surface area contributed by atoms with Crippen LogP contribution in [0.25, 0.3) is 11.5 Å². The van der Waals surface area contributed by atoms with Crippen LogP contribution < -0.4 is 4.74 Å². The average Bonchev–Trinajstić information content (AvgIpc) is 3.05. The predicted octanol–water partition coefficient (Wildman–Crippen LogP) is 4.79. The molecule has 0 saturated heterocycles. The van der Waals surface area contributed by atoms with Crippen molar-refractivity contribution >= 4 is 11.9 Å². The number of fused-ring (bicyclic) bond motifs is 1. The Morgan fingerprint density at radius 1 is 0.968 bits per heavy atom. The highest BCUT2D eigenvalue weighted by molar-refractivity contribution is 5.76. The van der Waals surface area contributed by atoms with Crippen LogP contribution in [0.3, 0.4) is 0 Å². The van der Waals surface area contributed by atoms with E-state index in [2.05, 4.69) is 0 Å². The lowest BCUT2D eigenvalue weighted by Crippen LogP contribution is -2.62. The van der Waals surface area contributed by atoms with E-state index in [0.717, 1.165) is 6.08 Å². The number of para-hydroxylation sites is 1. The van der Waals surface area contributed by atoms with Crippen LogP contribution in [0.15, 0.2) is 77.6 Å². The highest BCUT2D eigenvalue weighted by Gasteiger charge is 2.77. The number of hydrogen-bond acceptors (Lipinski definition) is 4. The van der Waals surface area contributed by atoms with Gasteiger partial charge in [-0.05, 0) is 12.1 Å². The van der Waals surface area contributed by atoms with E-state index in [-0.39, 0.29) is 11.3 Å². The van der Waals surface area contributed by atoms with Crippen molar-refractivity contribution in [3.05, 3.63) is 94.1 Å². The van der Waals surface area contributed by atoms with Crippen LogP contribution in [-0.2, 0) is 10.3 Å². The molecule has 2 unspecified atom stereocenters. The van der Waals surface area contributed by atoms with Gasteiger partial charge in [0.2, 0.25) is 5.60 Å². The van der Waals surface area contributed by atoms with E-state index in [1.165, 1.54) is 54.4 Å². The Hall–Kier alpha value is -4.26. The van der Waals surface area contributed by atoms with Gasteiger partial charge in [0.25, 0.3) is 5.60 Å². The molecule has 0 aliphatic carbocycles. The Labute approximate surface area is 175 Å². The minimum Gasteiger partial charge on any atom is -0.762 e. The van der Waals surface area contributed by atoms with Crippen molar-refractivity contribution in [3.8, 4) is 17.9 Å². The van der Waals surface area contributed by atoms with Gasteiger partial charge in [-0.3, -0.25) is 0 Å². The topological polar surface area (TPSA) is 88.3 Å². The summed E-state index contributed by atoms with van der Waals surface area (Å²) < 4.78 is 56.1. The first-order chi connectivity index (χ1) is 14.8. The van der Waals surface area contributed by atoms with E-state index in [9.17, 15) is 29.1 Å². The predicted molar refractivity (Wildman–Crippen MR) is 104 cm³/mol. The largest absolute Gasteiger partial charge is 0.762 e. The highest BCUT2D eigenvalue weighted by atomic mass is 19.4. The van der Waals surface area contributed by atoms with Crippen molar-refractivity contribution in [2.75, 3.05) is 0 Å². The summed E-state index contributed by atoms with van der Waals surface area (Å²) >= 11 is 0. The van der Waals surface area contributed by atoms with Gasteiger partial charge in [-0.15, -0.1) is 0 Å². The second-order valence-corrected chi connectivity index (χ2v) is 6.77. The Bertz CT molecular complexity index is 1260. The fourth-order valence-electron chi connectivity index (χ4n) is 3.89. The van der Waals surface area contributed by atoms with Crippen LogP contribution in [-0.4, -0.2) is 17.6 Å². The molecule has 152 valence electrons. The quantitative estimate of drug-likeness (QED) is 0.518. The van der Waals surface area contributed by atoms with Crippen molar-refractivity contribution in [3.63, 3.8) is 0 Å². The van der Waals surface area contributed by atoms with Crippen LogP contribution in [0.1, 0.15) is 11.1 Å². The Kier molecular flexibility index (Phi) is 4.47. The van der Waals surface area contributed by atoms with Crippen molar-refractivity contribution in [1.29, 1.82) is 10.5 Å². The maximum atomic E-state index is 14.9. The summed E-state index contributed by atoms with van der Waals surface area (Å²) in [5.41, 5.74) is -6.92. The van der Waals surface area contributed by atoms with Gasteiger partial charge < -0.3 is 14.9 Å². The summed E-state index contributed by atoms with van der Waals surface area (Å²) in [6.45, 7) is 0. The molecule has 2 aliphatic heterocycles. The Balaban J connectivity index is 2.13. The number of rotatable bonds is 2. The summed E-state index contributed by atoms with van der Waals surface area (Å²) in [6.07, 6.45) is -2.59. The van der Waals surface area contributed by atoms with Crippen LogP contribution in [0.2, 0.25) is 0 Å². The lowest BCUT2D eigenvalue weighted by Gasteiger charge is -2.45. The number of alkyl halides is 3. The summed E-state index contributed by atoms with van der Waals surface area (Å²) in [5, 5.41) is 28.5. The molecule has 2 aliphatic rings. The zero-order valence-corrected chi connectivity index (χ0v) is 15.6. The molecule has 0 N–H and O–H groups in total. The molecule has 1 spiro atoms. The molecular formula is C23H11F3N3O2-. The number of nitrogens with zero attached hydrogens (tertiary/aromatic N) is 3. The van der Waals surface area contributed by atoms with Crippen LogP contribution in [0, 0.1) is 22.7 Å². The van der Waals surface area contributed by atoms with E-state index in [1.54, 1.807) is 24.3 Å². The number of hydrogen-bond donors (Lipinski definition) is 0. The third-order valence-corrected chi connectivity index (χ3v) is 5.21. The highest BCUT2D eigenvalue weighted by Crippen LogP contribution is 2.61. The first-order valence-electron chi connectivity index (χ1n) is 8.95. The summed E-state index contributed by atoms with van der Waals surface area (Å²) in [4.78, 5) is 0. The minimum absolute atomic E-state index is 0.0996. The molecule has 2 atom stereocenters. The zero-order valence-electron chi connectivity index (χ0n) is 15.6. The maximum absolute atomic E-state index is 14.9. The van der Waals surface area contributed by atoms with Crippen LogP contribution in [0.5, 0.6) is 5.75 Å². The van der Waals surface area contributed by atoms with Crippen molar-refractivity contribution in [2.24, 2.45) is 0 Å². The summed E-state index contributed by atoms with van der Waals surface area (Å²) in [6, 6.07) is 16.3. The molecule has 4 rings (SSSR count). The molecule has 0 amide bonds. The molecule has 0 aromatic heterocycles. The van der Waals surface area contributed by atoms with Crippen LogP contribution >= 0.6 is 0 Å². The molecule has 31 heavy (non-hydrogen) atoms. The van der Waals surface area contributed by atoms with E-state index in [1.807, 2.05) is 0 Å². The van der Waals surface area contributed by atoms with Gasteiger partial charge in [-0.1, -0.05) is 54.6 Å². The van der Waals surface area contributed by atoms with Gasteiger partial charge in [0, 0.05) is 11.1 Å². The SMILES string of the molecule is N#CC(=C=[N-])C1=C(C#N)C2(C=Cc3ccccc3O2)C(c2ccccc2)(C(F)(F)F)O1. The van der Waals surface area contributed by atoms with Crippen LogP contribution in [0.4, 0.5) is 13.2 Å². The number of allylic oxidation sites excluding steroid dienone is 1. The molecule has 8 heteroatoms. The molecule has 2 aromatic rings. The number of halogens is 3. The van der Waals surface area contributed by atoms with Gasteiger partial charge in [0.15, 0.2) is 5.76 Å². The second kappa shape index (κ2) is 6.91. The lowest BCUT2D eigenvalue weighted by molar-refractivity contribution is -0.297. The minimum atomic E-state index is -5.11. The molecule has 2 aromatic carbocycles. The fourth-order valence-corrected chi connectivity index (χ4v) is 3.89. The second-order valence-electron chi connectivity index (χ2n) is 6.77. The van der Waals surface area contributed by atoms with Crippen molar-refractivity contribution in [1.82, 2.24) is 0 Å². The third-order valence-electron chi connectivity index (χ3n) is 5.21. The normalized spacial score (nSPS) is 23.8. The van der Waals surface area contributed by atoms with E-state index >= 15 is 0 Å². The summed E-state index contributed by atoms with van der Waals surface area (Å²) in [7, 11) is 0. The van der Waals surface area contributed by atoms with Gasteiger partial charge in [-0.2, -0.15) is 23.7 Å². The average molecular weight is 418 g/mol. The fraction of sp³-hybridized carbons (Fsp3) is 0.130. The van der Waals surface area contributed by atoms with Crippen molar-refractivity contribution in [2.45, 2.75) is 17.4 Å². The number of ether oxygens (including phenoxy) is 2. The third kappa shape index (κ3) is 2.60. The van der Waals surface area contributed by atoms with E-state index < -0.39 is 34.3 Å². The molecule has 5 nitrogen and oxygen atoms in total. The molecule has 0 saturated carbocycles. The van der Waals surface area contributed by atoms with Gasteiger partial charge in [0.1, 0.15) is 29.0 Å². The standard InChI is InChI=1S/C23H11F3N3O2/c24-23(25,26)22(17-7-2-1-3-8-17)21(11-10-15-6-4-5-9-19(15)30-21)18(14-29)20(31-22)16(12-27)13-28/h1-11H/q-1. The molecule has 0 bridgehead atoms. The molecule has 2 heterocycles. The molecule has 0 radical (unpaired) electrons. The van der Waals surface area contributed by atoms with E-state index in [4.69, 9.17) is 9.47 Å². The molecule has 0 fully saturated rings. The number of benzene rings is 2. The Morgan fingerprint density at radius 3 is 2.26 bits per heavy atom. The zero-order chi connectivity index (χ0) is 22.3. The smallest absolute Gasteiger partial charge is 0.437 e. The van der Waals surface area contributed by atoms with Gasteiger partial charge >= 0.3 is 6.18 Å². The number of nitriles is 2. The van der Waals surface area contributed by atoms with E-state index in [0.29, 0.717) is 5.56 Å². The van der Waals surface area contributed by atoms with Crippen molar-refractivity contribution < 1.29 is 22.6 Å². The monoisotopic (exact) mass is 418 g/mol. The molecular weight excluding hydrogens is 407 g/mol. The Morgan fingerprint density at radius 2 is 1.65 bits per heavy atom. The van der Waals surface area contributed by atoms with Gasteiger partial charge in [-0.25, -0.2) is 5.87 Å². The maximum Gasteiger partial charge on any atom is 0.437 e. The first kappa shape index (κ1) is 20.0. The summed E-state index contributed by atoms with van der Waals surface area (Å²) in [5.74, 6) is 0.862.